The fraction of sp³-hybridized carbons (Fsp3) is 0.867. The molecule has 4 heteroatoms. The van der Waals surface area contributed by atoms with Crippen molar-refractivity contribution < 1.29 is 5.11 Å². The van der Waals surface area contributed by atoms with Crippen molar-refractivity contribution in [1.82, 2.24) is 14.8 Å². The van der Waals surface area contributed by atoms with Gasteiger partial charge in [0.2, 0.25) is 0 Å². The first-order valence-corrected chi connectivity index (χ1v) is 7.64. The number of aromatic nitrogens is 3. The minimum atomic E-state index is 0.283. The molecule has 2 unspecified atom stereocenters. The Balaban J connectivity index is 1.91. The van der Waals surface area contributed by atoms with E-state index in [4.69, 9.17) is 0 Å². The minimum Gasteiger partial charge on any atom is -0.396 e. The molecule has 0 amide bonds. The molecule has 0 saturated heterocycles. The molecule has 1 aliphatic carbocycles. The topological polar surface area (TPSA) is 50.9 Å². The van der Waals surface area contributed by atoms with Gasteiger partial charge in [-0.3, -0.25) is 0 Å². The van der Waals surface area contributed by atoms with Crippen LogP contribution in [0.25, 0.3) is 0 Å². The molecule has 1 aromatic heterocycles. The third-order valence-electron chi connectivity index (χ3n) is 5.15. The van der Waals surface area contributed by atoms with E-state index in [9.17, 15) is 5.11 Å². The second-order valence-corrected chi connectivity index (χ2v) is 6.96. The van der Waals surface area contributed by atoms with Crippen molar-refractivity contribution in [3.05, 3.63) is 11.6 Å². The van der Waals surface area contributed by atoms with Crippen LogP contribution >= 0.6 is 0 Å². The quantitative estimate of drug-likeness (QED) is 0.892. The van der Waals surface area contributed by atoms with Crippen molar-refractivity contribution >= 4 is 0 Å². The molecule has 106 valence electrons. The predicted molar refractivity (Wildman–Crippen MR) is 73.9 cm³/mol. The summed E-state index contributed by atoms with van der Waals surface area (Å²) in [5.41, 5.74) is 0.328. The lowest BCUT2D eigenvalue weighted by atomic mass is 9.68. The summed E-state index contributed by atoms with van der Waals surface area (Å²) >= 11 is 0. The number of hydrogen-bond acceptors (Lipinski definition) is 3. The average molecular weight is 263 g/mol. The molecular formula is C15H25N3O. The summed E-state index contributed by atoms with van der Waals surface area (Å²) in [5, 5.41) is 18.3. The first-order valence-electron chi connectivity index (χ1n) is 7.64. The van der Waals surface area contributed by atoms with Crippen molar-refractivity contribution in [2.45, 2.75) is 64.8 Å². The highest BCUT2D eigenvalue weighted by molar-refractivity contribution is 5.10. The lowest BCUT2D eigenvalue weighted by Gasteiger charge is -2.38. The van der Waals surface area contributed by atoms with E-state index in [0.717, 1.165) is 25.2 Å². The number of aryl methyl sites for hydroxylation is 1. The summed E-state index contributed by atoms with van der Waals surface area (Å²) < 4.78 is 2.31. The molecule has 2 heterocycles. The zero-order valence-corrected chi connectivity index (χ0v) is 12.1. The Kier molecular flexibility index (Phi) is 3.37. The lowest BCUT2D eigenvalue weighted by molar-refractivity contribution is 0.169. The van der Waals surface area contributed by atoms with E-state index in [1.54, 1.807) is 0 Å². The van der Waals surface area contributed by atoms with Gasteiger partial charge in [0.15, 0.2) is 0 Å². The van der Waals surface area contributed by atoms with Gasteiger partial charge < -0.3 is 9.67 Å². The first kappa shape index (κ1) is 13.1. The van der Waals surface area contributed by atoms with Crippen molar-refractivity contribution in [1.29, 1.82) is 0 Å². The van der Waals surface area contributed by atoms with Crippen LogP contribution in [0.2, 0.25) is 0 Å². The summed E-state index contributed by atoms with van der Waals surface area (Å²) in [6.45, 7) is 5.92. The summed E-state index contributed by atoms with van der Waals surface area (Å²) in [6.07, 6.45) is 7.16. The van der Waals surface area contributed by atoms with Gasteiger partial charge in [0, 0.05) is 31.4 Å². The van der Waals surface area contributed by atoms with Crippen LogP contribution in [0, 0.1) is 11.3 Å². The smallest absolute Gasteiger partial charge is 0.136 e. The Hall–Kier alpha value is -0.900. The Morgan fingerprint density at radius 3 is 2.84 bits per heavy atom. The molecule has 4 nitrogen and oxygen atoms in total. The van der Waals surface area contributed by atoms with Crippen LogP contribution in [-0.4, -0.2) is 26.5 Å². The maximum absolute atomic E-state index is 9.40. The van der Waals surface area contributed by atoms with Crippen molar-refractivity contribution in [2.75, 3.05) is 6.61 Å². The number of hydrogen-bond donors (Lipinski definition) is 1. The third-order valence-corrected chi connectivity index (χ3v) is 5.15. The monoisotopic (exact) mass is 263 g/mol. The maximum atomic E-state index is 9.40. The van der Waals surface area contributed by atoms with E-state index in [2.05, 4.69) is 28.6 Å². The Morgan fingerprint density at radius 1 is 1.26 bits per heavy atom. The molecule has 0 bridgehead atoms. The highest BCUT2D eigenvalue weighted by atomic mass is 16.3. The van der Waals surface area contributed by atoms with Crippen molar-refractivity contribution in [3.8, 4) is 0 Å². The number of rotatable bonds is 2. The zero-order chi connectivity index (χ0) is 13.5. The van der Waals surface area contributed by atoms with E-state index in [0.29, 0.717) is 17.3 Å². The van der Waals surface area contributed by atoms with E-state index in [1.807, 2.05) is 0 Å². The molecule has 1 aromatic rings. The standard InChI is InChI=1S/C15H25N3O/c1-15(2)8-4-3-5-12(15)14-17-16-13-7-6-11(10-19)9-18(13)14/h11-12,19H,3-10H2,1-2H3. The van der Waals surface area contributed by atoms with Crippen LogP contribution in [0.3, 0.4) is 0 Å². The van der Waals surface area contributed by atoms with Crippen molar-refractivity contribution in [3.63, 3.8) is 0 Å². The Labute approximate surface area is 115 Å². The van der Waals surface area contributed by atoms with Gasteiger partial charge in [0.1, 0.15) is 11.6 Å². The summed E-state index contributed by atoms with van der Waals surface area (Å²) in [4.78, 5) is 0. The van der Waals surface area contributed by atoms with Crippen LogP contribution in [0.1, 0.15) is 63.5 Å². The Bertz CT molecular complexity index is 452. The fourth-order valence-electron chi connectivity index (χ4n) is 3.80. The van der Waals surface area contributed by atoms with Gasteiger partial charge in [-0.2, -0.15) is 0 Å². The van der Waals surface area contributed by atoms with Crippen LogP contribution in [0.5, 0.6) is 0 Å². The van der Waals surface area contributed by atoms with Gasteiger partial charge in [-0.1, -0.05) is 26.7 Å². The van der Waals surface area contributed by atoms with Gasteiger partial charge in [-0.25, -0.2) is 0 Å². The normalized spacial score (nSPS) is 30.1. The second kappa shape index (κ2) is 4.89. The maximum Gasteiger partial charge on any atom is 0.136 e. The largest absolute Gasteiger partial charge is 0.396 e. The average Bonchev–Trinajstić information content (AvgIpc) is 2.81. The highest BCUT2D eigenvalue weighted by Gasteiger charge is 2.37. The highest BCUT2D eigenvalue weighted by Crippen LogP contribution is 2.46. The molecule has 0 radical (unpaired) electrons. The molecular weight excluding hydrogens is 238 g/mol. The van der Waals surface area contributed by atoms with Gasteiger partial charge in [-0.05, 0) is 24.7 Å². The second-order valence-electron chi connectivity index (χ2n) is 6.96. The molecule has 2 atom stereocenters. The molecule has 1 saturated carbocycles. The fourth-order valence-corrected chi connectivity index (χ4v) is 3.80. The minimum absolute atomic E-state index is 0.283. The lowest BCUT2D eigenvalue weighted by Crippen LogP contribution is -2.31. The molecule has 1 fully saturated rings. The molecule has 3 rings (SSSR count). The van der Waals surface area contributed by atoms with Crippen LogP contribution in [-0.2, 0) is 13.0 Å². The van der Waals surface area contributed by atoms with Crippen LogP contribution in [0.4, 0.5) is 0 Å². The summed E-state index contributed by atoms with van der Waals surface area (Å²) in [7, 11) is 0. The Morgan fingerprint density at radius 2 is 2.11 bits per heavy atom. The molecule has 1 aliphatic heterocycles. The number of fused-ring (bicyclic) bond motifs is 1. The van der Waals surface area contributed by atoms with Gasteiger partial charge in [0.05, 0.1) is 0 Å². The van der Waals surface area contributed by atoms with Crippen LogP contribution in [0.15, 0.2) is 0 Å². The first-order chi connectivity index (χ1) is 9.12. The molecule has 2 aliphatic rings. The van der Waals surface area contributed by atoms with E-state index < -0.39 is 0 Å². The number of aliphatic hydroxyl groups is 1. The van der Waals surface area contributed by atoms with Crippen molar-refractivity contribution in [2.24, 2.45) is 11.3 Å². The van der Waals surface area contributed by atoms with E-state index in [-0.39, 0.29) is 6.61 Å². The molecule has 0 spiro atoms. The number of nitrogens with zero attached hydrogens (tertiary/aromatic N) is 3. The summed E-state index contributed by atoms with van der Waals surface area (Å²) in [5.74, 6) is 3.22. The van der Waals surface area contributed by atoms with E-state index >= 15 is 0 Å². The molecule has 1 N–H and O–H groups in total. The van der Waals surface area contributed by atoms with E-state index in [1.165, 1.54) is 31.5 Å². The van der Waals surface area contributed by atoms with Crippen LogP contribution < -0.4 is 0 Å². The number of aliphatic hydroxyl groups excluding tert-OH is 1. The van der Waals surface area contributed by atoms with Gasteiger partial charge >= 0.3 is 0 Å². The van der Waals surface area contributed by atoms with Gasteiger partial charge in [-0.15, -0.1) is 10.2 Å². The van der Waals surface area contributed by atoms with Gasteiger partial charge in [0.25, 0.3) is 0 Å². The third kappa shape index (κ3) is 2.31. The predicted octanol–water partition coefficient (Wildman–Crippen LogP) is 2.52. The molecule has 0 aromatic carbocycles. The molecule has 19 heavy (non-hydrogen) atoms. The summed E-state index contributed by atoms with van der Waals surface area (Å²) in [6, 6.07) is 0. The SMILES string of the molecule is CC1(C)CCCCC1c1nnc2n1CC(CO)CC2. The zero-order valence-electron chi connectivity index (χ0n) is 12.1.